The number of alkyl halides is 3. The van der Waals surface area contributed by atoms with Crippen molar-refractivity contribution in [3.63, 3.8) is 0 Å². The maximum atomic E-state index is 12.9. The van der Waals surface area contributed by atoms with Crippen LogP contribution in [0.3, 0.4) is 0 Å². The number of hydrogen-bond donors (Lipinski definition) is 1. The lowest BCUT2D eigenvalue weighted by atomic mass is 10.2. The molecule has 24 heavy (non-hydrogen) atoms. The minimum atomic E-state index is -4.54. The summed E-state index contributed by atoms with van der Waals surface area (Å²) in [6.07, 6.45) is -4.54. The smallest absolute Gasteiger partial charge is 0.338 e. The van der Waals surface area contributed by atoms with Crippen LogP contribution in [0.1, 0.15) is 5.89 Å². The van der Waals surface area contributed by atoms with E-state index in [4.69, 9.17) is 10.3 Å². The fourth-order valence-corrected chi connectivity index (χ4v) is 2.40. The summed E-state index contributed by atoms with van der Waals surface area (Å²) in [5.41, 5.74) is 5.05. The summed E-state index contributed by atoms with van der Waals surface area (Å²) < 4.78 is 44.5. The van der Waals surface area contributed by atoms with Gasteiger partial charge in [-0.3, -0.25) is 10.1 Å². The highest BCUT2D eigenvalue weighted by Gasteiger charge is 2.32. The molecule has 0 saturated heterocycles. The average Bonchev–Trinajstić information content (AvgIpc) is 3.10. The second-order valence-corrected chi connectivity index (χ2v) is 4.91. The maximum absolute atomic E-state index is 12.9. The van der Waals surface area contributed by atoms with Crippen molar-refractivity contribution < 1.29 is 22.6 Å². The number of nitrogens with two attached hydrogens (primary N) is 1. The van der Waals surface area contributed by atoms with Crippen LogP contribution < -0.4 is 5.73 Å². The average molecular weight is 341 g/mol. The number of fused-ring (bicyclic) bond motifs is 1. The van der Waals surface area contributed by atoms with Crippen molar-refractivity contribution in [1.82, 2.24) is 14.7 Å². The van der Waals surface area contributed by atoms with Gasteiger partial charge in [0.05, 0.1) is 28.1 Å². The van der Waals surface area contributed by atoms with E-state index in [0.717, 1.165) is 4.57 Å². The highest BCUT2D eigenvalue weighted by Crippen LogP contribution is 2.34. The van der Waals surface area contributed by atoms with Crippen LogP contribution in [-0.4, -0.2) is 25.8 Å². The Balaban J connectivity index is 2.28. The van der Waals surface area contributed by atoms with Gasteiger partial charge in [0.2, 0.25) is 11.7 Å². The summed E-state index contributed by atoms with van der Waals surface area (Å²) in [5, 5.41) is 14.8. The van der Waals surface area contributed by atoms with E-state index < -0.39 is 17.6 Å². The molecule has 2 heterocycles. The zero-order valence-corrected chi connectivity index (χ0v) is 11.9. The maximum Gasteiger partial charge on any atom is 0.406 e. The quantitative estimate of drug-likeness (QED) is 0.576. The minimum absolute atomic E-state index is 0.0416. The first-order valence-electron chi connectivity index (χ1n) is 6.66. The SMILES string of the molecule is NCc1nc(-c2cc3c([N+](=O)[O-])cccc3n2CC(F)(F)F)no1. The van der Waals surface area contributed by atoms with E-state index in [-0.39, 0.29) is 40.5 Å². The summed E-state index contributed by atoms with van der Waals surface area (Å²) in [7, 11) is 0. The van der Waals surface area contributed by atoms with Gasteiger partial charge in [-0.1, -0.05) is 11.2 Å². The van der Waals surface area contributed by atoms with Crippen LogP contribution in [-0.2, 0) is 13.1 Å². The van der Waals surface area contributed by atoms with Crippen LogP contribution in [0.5, 0.6) is 0 Å². The summed E-state index contributed by atoms with van der Waals surface area (Å²) >= 11 is 0. The summed E-state index contributed by atoms with van der Waals surface area (Å²) in [4.78, 5) is 14.4. The van der Waals surface area contributed by atoms with Crippen molar-refractivity contribution in [2.75, 3.05) is 0 Å². The highest BCUT2D eigenvalue weighted by atomic mass is 19.4. The Morgan fingerprint density at radius 2 is 2.12 bits per heavy atom. The number of halogens is 3. The molecule has 0 spiro atoms. The molecule has 0 fully saturated rings. The fourth-order valence-electron chi connectivity index (χ4n) is 2.40. The minimum Gasteiger partial charge on any atom is -0.338 e. The van der Waals surface area contributed by atoms with Crippen LogP contribution in [0.2, 0.25) is 0 Å². The predicted octanol–water partition coefficient (Wildman–Crippen LogP) is 2.62. The van der Waals surface area contributed by atoms with E-state index in [9.17, 15) is 23.3 Å². The van der Waals surface area contributed by atoms with E-state index in [1.165, 1.54) is 24.3 Å². The molecule has 0 saturated carbocycles. The zero-order valence-electron chi connectivity index (χ0n) is 11.9. The molecule has 0 aliphatic carbocycles. The third-order valence-corrected chi connectivity index (χ3v) is 3.33. The third kappa shape index (κ3) is 2.80. The molecule has 0 amide bonds. The summed E-state index contributed by atoms with van der Waals surface area (Å²) in [6.45, 7) is -1.42. The first kappa shape index (κ1) is 15.9. The second-order valence-electron chi connectivity index (χ2n) is 4.91. The molecule has 1 aromatic carbocycles. The van der Waals surface area contributed by atoms with Crippen molar-refractivity contribution in [3.05, 3.63) is 40.3 Å². The molecule has 0 unspecified atom stereocenters. The van der Waals surface area contributed by atoms with Gasteiger partial charge in [-0.15, -0.1) is 0 Å². The largest absolute Gasteiger partial charge is 0.406 e. The van der Waals surface area contributed by atoms with E-state index in [0.29, 0.717) is 0 Å². The molecular formula is C13H10F3N5O3. The molecule has 0 atom stereocenters. The molecule has 0 radical (unpaired) electrons. The number of aromatic nitrogens is 3. The number of nitro groups is 1. The fraction of sp³-hybridized carbons (Fsp3) is 0.231. The summed E-state index contributed by atoms with van der Waals surface area (Å²) in [6, 6.07) is 5.14. The van der Waals surface area contributed by atoms with Crippen LogP contribution in [0.4, 0.5) is 18.9 Å². The number of nitro benzene ring substituents is 1. The van der Waals surface area contributed by atoms with Crippen LogP contribution in [0, 0.1) is 10.1 Å². The number of benzene rings is 1. The van der Waals surface area contributed by atoms with Gasteiger partial charge in [0.25, 0.3) is 5.69 Å². The topological polar surface area (TPSA) is 113 Å². The Labute approximate surface area is 131 Å². The number of hydrogen-bond acceptors (Lipinski definition) is 6. The molecule has 0 aliphatic heterocycles. The lowest BCUT2D eigenvalue weighted by Gasteiger charge is -2.11. The van der Waals surface area contributed by atoms with Crippen LogP contribution in [0.15, 0.2) is 28.8 Å². The van der Waals surface area contributed by atoms with Gasteiger partial charge in [0, 0.05) is 6.07 Å². The van der Waals surface area contributed by atoms with Gasteiger partial charge in [-0.2, -0.15) is 18.2 Å². The van der Waals surface area contributed by atoms with Gasteiger partial charge in [0.1, 0.15) is 6.54 Å². The van der Waals surface area contributed by atoms with Gasteiger partial charge >= 0.3 is 6.18 Å². The monoisotopic (exact) mass is 341 g/mol. The Kier molecular flexibility index (Phi) is 3.72. The molecular weight excluding hydrogens is 331 g/mol. The summed E-state index contributed by atoms with van der Waals surface area (Å²) in [5.74, 6) is -0.0755. The van der Waals surface area contributed by atoms with E-state index in [1.54, 1.807) is 0 Å². The molecule has 8 nitrogen and oxygen atoms in total. The van der Waals surface area contributed by atoms with Gasteiger partial charge in [-0.25, -0.2) is 0 Å². The van der Waals surface area contributed by atoms with E-state index in [2.05, 4.69) is 10.1 Å². The highest BCUT2D eigenvalue weighted by molar-refractivity contribution is 5.93. The van der Waals surface area contributed by atoms with Gasteiger partial charge in [0.15, 0.2) is 0 Å². The number of rotatable bonds is 4. The van der Waals surface area contributed by atoms with Crippen LogP contribution >= 0.6 is 0 Å². The Morgan fingerprint density at radius 3 is 2.71 bits per heavy atom. The lowest BCUT2D eigenvalue weighted by Crippen LogP contribution is -2.18. The van der Waals surface area contributed by atoms with Crippen molar-refractivity contribution in [2.24, 2.45) is 5.73 Å². The lowest BCUT2D eigenvalue weighted by molar-refractivity contribution is -0.383. The van der Waals surface area contributed by atoms with Gasteiger partial charge < -0.3 is 14.8 Å². The molecule has 0 aliphatic rings. The Bertz CT molecular complexity index is 915. The molecule has 2 N–H and O–H groups in total. The molecule has 11 heteroatoms. The molecule has 0 bridgehead atoms. The molecule has 2 aromatic heterocycles. The van der Waals surface area contributed by atoms with Crippen molar-refractivity contribution in [3.8, 4) is 11.5 Å². The predicted molar refractivity (Wildman–Crippen MR) is 75.8 cm³/mol. The molecule has 3 rings (SSSR count). The van der Waals surface area contributed by atoms with Crippen molar-refractivity contribution >= 4 is 16.6 Å². The third-order valence-electron chi connectivity index (χ3n) is 3.33. The van der Waals surface area contributed by atoms with Crippen LogP contribution in [0.25, 0.3) is 22.4 Å². The Hall–Kier alpha value is -2.95. The molecule has 3 aromatic rings. The number of nitrogens with zero attached hydrogens (tertiary/aromatic N) is 4. The molecule has 126 valence electrons. The first-order chi connectivity index (χ1) is 11.3. The van der Waals surface area contributed by atoms with Crippen molar-refractivity contribution in [2.45, 2.75) is 19.3 Å². The van der Waals surface area contributed by atoms with Gasteiger partial charge in [-0.05, 0) is 12.1 Å². The normalized spacial score (nSPS) is 12.0. The van der Waals surface area contributed by atoms with E-state index in [1.807, 2.05) is 0 Å². The second kappa shape index (κ2) is 5.60. The van der Waals surface area contributed by atoms with Crippen molar-refractivity contribution in [1.29, 1.82) is 0 Å². The zero-order chi connectivity index (χ0) is 17.5. The van der Waals surface area contributed by atoms with E-state index >= 15 is 0 Å². The number of non-ortho nitro benzene ring substituents is 1. The standard InChI is InChI=1S/C13H10F3N5O3/c14-13(15,16)6-20-8-2-1-3-9(21(22)23)7(8)4-10(20)12-18-11(5-17)24-19-12/h1-4H,5-6,17H2. The Morgan fingerprint density at radius 1 is 1.38 bits per heavy atom. The first-order valence-corrected chi connectivity index (χ1v) is 6.66.